The minimum Gasteiger partial charge on any atom is -0.309 e. The van der Waals surface area contributed by atoms with Gasteiger partial charge in [0.25, 0.3) is 0 Å². The monoisotopic (exact) mass is 224 g/mol. The summed E-state index contributed by atoms with van der Waals surface area (Å²) in [6.45, 7) is 4.34. The molecule has 0 saturated heterocycles. The predicted molar refractivity (Wildman–Crippen MR) is 67.4 cm³/mol. The van der Waals surface area contributed by atoms with Gasteiger partial charge in [-0.25, -0.2) is 0 Å². The Bertz CT molecular complexity index is 293. The van der Waals surface area contributed by atoms with Gasteiger partial charge in [-0.2, -0.15) is 5.10 Å². The molecule has 1 N–H and O–H groups in total. The molecule has 92 valence electrons. The van der Waals surface area contributed by atoms with Crippen LogP contribution in [-0.4, -0.2) is 41.9 Å². The minimum absolute atomic E-state index is 0.412. The van der Waals surface area contributed by atoms with Crippen LogP contribution in [-0.2, 0) is 7.05 Å². The standard InChI is InChI=1S/C12H24N4/c1-5-8-13-11(7-10-15(2)3)12-6-9-14-16(12)4/h6,9,11,13H,5,7-8,10H2,1-4H3. The van der Waals surface area contributed by atoms with E-state index in [1.54, 1.807) is 0 Å². The van der Waals surface area contributed by atoms with Crippen molar-refractivity contribution in [3.8, 4) is 0 Å². The Morgan fingerprint density at radius 3 is 2.75 bits per heavy atom. The second kappa shape index (κ2) is 6.66. The molecule has 0 aliphatic heterocycles. The number of rotatable bonds is 7. The average Bonchev–Trinajstić information content (AvgIpc) is 2.65. The van der Waals surface area contributed by atoms with Crippen molar-refractivity contribution in [2.45, 2.75) is 25.8 Å². The van der Waals surface area contributed by atoms with Crippen molar-refractivity contribution in [3.05, 3.63) is 18.0 Å². The van der Waals surface area contributed by atoms with E-state index < -0.39 is 0 Å². The molecule has 0 bridgehead atoms. The van der Waals surface area contributed by atoms with Gasteiger partial charge >= 0.3 is 0 Å². The first-order chi connectivity index (χ1) is 7.65. The van der Waals surface area contributed by atoms with E-state index in [4.69, 9.17) is 0 Å². The first kappa shape index (κ1) is 13.2. The van der Waals surface area contributed by atoms with Crippen LogP contribution in [0.1, 0.15) is 31.5 Å². The Morgan fingerprint density at radius 2 is 2.25 bits per heavy atom. The molecule has 0 aromatic carbocycles. The molecule has 1 unspecified atom stereocenters. The zero-order valence-electron chi connectivity index (χ0n) is 10.9. The predicted octanol–water partition coefficient (Wildman–Crippen LogP) is 1.41. The van der Waals surface area contributed by atoms with Crippen molar-refractivity contribution in [1.29, 1.82) is 0 Å². The summed E-state index contributed by atoms with van der Waals surface area (Å²) in [5.74, 6) is 0. The normalized spacial score (nSPS) is 13.3. The smallest absolute Gasteiger partial charge is 0.0550 e. The van der Waals surface area contributed by atoms with Crippen LogP contribution in [0.15, 0.2) is 12.3 Å². The topological polar surface area (TPSA) is 33.1 Å². The Hall–Kier alpha value is -0.870. The quantitative estimate of drug-likeness (QED) is 0.760. The van der Waals surface area contributed by atoms with E-state index in [0.29, 0.717) is 6.04 Å². The third-order valence-electron chi connectivity index (χ3n) is 2.72. The third kappa shape index (κ3) is 3.94. The summed E-state index contributed by atoms with van der Waals surface area (Å²) in [6.07, 6.45) is 4.15. The van der Waals surface area contributed by atoms with Crippen LogP contribution in [0, 0.1) is 0 Å². The first-order valence-electron chi connectivity index (χ1n) is 6.01. The van der Waals surface area contributed by atoms with Crippen molar-refractivity contribution in [3.63, 3.8) is 0 Å². The van der Waals surface area contributed by atoms with Gasteiger partial charge in [0.2, 0.25) is 0 Å². The van der Waals surface area contributed by atoms with E-state index in [2.05, 4.69) is 42.4 Å². The number of nitrogens with one attached hydrogen (secondary N) is 1. The average molecular weight is 224 g/mol. The molecule has 0 radical (unpaired) electrons. The second-order valence-corrected chi connectivity index (χ2v) is 4.48. The summed E-state index contributed by atoms with van der Waals surface area (Å²) < 4.78 is 1.96. The zero-order valence-corrected chi connectivity index (χ0v) is 10.9. The molecule has 4 nitrogen and oxygen atoms in total. The Kier molecular flexibility index (Phi) is 5.49. The molecule has 4 heteroatoms. The van der Waals surface area contributed by atoms with E-state index in [1.165, 1.54) is 5.69 Å². The highest BCUT2D eigenvalue weighted by Crippen LogP contribution is 2.15. The van der Waals surface area contributed by atoms with Crippen LogP contribution in [0.3, 0.4) is 0 Å². The first-order valence-corrected chi connectivity index (χ1v) is 6.01. The highest BCUT2D eigenvalue weighted by molar-refractivity contribution is 5.06. The number of hydrogen-bond acceptors (Lipinski definition) is 3. The molecule has 16 heavy (non-hydrogen) atoms. The van der Waals surface area contributed by atoms with Gasteiger partial charge in [0, 0.05) is 13.2 Å². The lowest BCUT2D eigenvalue weighted by molar-refractivity contribution is 0.354. The highest BCUT2D eigenvalue weighted by atomic mass is 15.3. The van der Waals surface area contributed by atoms with Crippen LogP contribution in [0.5, 0.6) is 0 Å². The molecule has 0 amide bonds. The molecule has 1 rings (SSSR count). The second-order valence-electron chi connectivity index (χ2n) is 4.48. The van der Waals surface area contributed by atoms with Gasteiger partial charge in [0.05, 0.1) is 11.7 Å². The Labute approximate surface area is 98.6 Å². The fourth-order valence-electron chi connectivity index (χ4n) is 1.79. The van der Waals surface area contributed by atoms with Crippen LogP contribution in [0.2, 0.25) is 0 Å². The summed E-state index contributed by atoms with van der Waals surface area (Å²) in [6, 6.07) is 2.51. The molecule has 0 fully saturated rings. The van der Waals surface area contributed by atoms with E-state index in [1.807, 2.05) is 17.9 Å². The van der Waals surface area contributed by atoms with E-state index in [0.717, 1.165) is 25.9 Å². The highest BCUT2D eigenvalue weighted by Gasteiger charge is 2.13. The van der Waals surface area contributed by atoms with Crippen molar-refractivity contribution < 1.29 is 0 Å². The molecule has 0 aliphatic carbocycles. The molecular formula is C12H24N4. The van der Waals surface area contributed by atoms with Gasteiger partial charge < -0.3 is 10.2 Å². The fraction of sp³-hybridized carbons (Fsp3) is 0.750. The zero-order chi connectivity index (χ0) is 12.0. The number of aromatic nitrogens is 2. The maximum absolute atomic E-state index is 4.24. The lowest BCUT2D eigenvalue weighted by Gasteiger charge is -2.20. The van der Waals surface area contributed by atoms with Gasteiger partial charge in [0.1, 0.15) is 0 Å². The minimum atomic E-state index is 0.412. The molecule has 1 aromatic heterocycles. The van der Waals surface area contributed by atoms with Crippen molar-refractivity contribution in [2.24, 2.45) is 7.05 Å². The van der Waals surface area contributed by atoms with Gasteiger partial charge in [-0.05, 0) is 46.1 Å². The van der Waals surface area contributed by atoms with E-state index in [-0.39, 0.29) is 0 Å². The van der Waals surface area contributed by atoms with Crippen molar-refractivity contribution in [1.82, 2.24) is 20.0 Å². The van der Waals surface area contributed by atoms with Crippen LogP contribution in [0.4, 0.5) is 0 Å². The van der Waals surface area contributed by atoms with Crippen molar-refractivity contribution in [2.75, 3.05) is 27.2 Å². The largest absolute Gasteiger partial charge is 0.309 e. The van der Waals surface area contributed by atoms with E-state index in [9.17, 15) is 0 Å². The van der Waals surface area contributed by atoms with Crippen LogP contribution >= 0.6 is 0 Å². The van der Waals surface area contributed by atoms with Gasteiger partial charge in [0.15, 0.2) is 0 Å². The van der Waals surface area contributed by atoms with E-state index >= 15 is 0 Å². The van der Waals surface area contributed by atoms with Gasteiger partial charge in [-0.15, -0.1) is 0 Å². The Balaban J connectivity index is 2.60. The van der Waals surface area contributed by atoms with Gasteiger partial charge in [-0.1, -0.05) is 6.92 Å². The third-order valence-corrected chi connectivity index (χ3v) is 2.72. The maximum atomic E-state index is 4.24. The molecule has 0 saturated carbocycles. The van der Waals surface area contributed by atoms with Crippen molar-refractivity contribution >= 4 is 0 Å². The van der Waals surface area contributed by atoms with Crippen LogP contribution < -0.4 is 5.32 Å². The van der Waals surface area contributed by atoms with Gasteiger partial charge in [-0.3, -0.25) is 4.68 Å². The SMILES string of the molecule is CCCNC(CCN(C)C)c1ccnn1C. The van der Waals surface area contributed by atoms with Crippen LogP contribution in [0.25, 0.3) is 0 Å². The number of hydrogen-bond donors (Lipinski definition) is 1. The Morgan fingerprint density at radius 1 is 1.50 bits per heavy atom. The maximum Gasteiger partial charge on any atom is 0.0550 e. The molecule has 1 atom stereocenters. The molecule has 0 aliphatic rings. The summed E-state index contributed by atoms with van der Waals surface area (Å²) in [5, 5.41) is 7.82. The lowest BCUT2D eigenvalue weighted by Crippen LogP contribution is -2.27. The molecular weight excluding hydrogens is 200 g/mol. The fourth-order valence-corrected chi connectivity index (χ4v) is 1.79. The number of nitrogens with zero attached hydrogens (tertiary/aromatic N) is 3. The number of aryl methyl sites for hydroxylation is 1. The summed E-state index contributed by atoms with van der Waals surface area (Å²) in [7, 11) is 6.23. The summed E-state index contributed by atoms with van der Waals surface area (Å²) in [4.78, 5) is 2.22. The molecule has 0 spiro atoms. The lowest BCUT2D eigenvalue weighted by atomic mass is 10.1. The summed E-state index contributed by atoms with van der Waals surface area (Å²) >= 11 is 0. The molecule has 1 aromatic rings. The molecule has 1 heterocycles. The summed E-state index contributed by atoms with van der Waals surface area (Å²) in [5.41, 5.74) is 1.27.